The number of amides is 1. The molecule has 7 heteroatoms. The van der Waals surface area contributed by atoms with Crippen molar-refractivity contribution in [2.24, 2.45) is 5.73 Å². The predicted octanol–water partition coefficient (Wildman–Crippen LogP) is 0.434. The van der Waals surface area contributed by atoms with Gasteiger partial charge < -0.3 is 10.6 Å². The molecule has 0 bridgehead atoms. The Balaban J connectivity index is 2.57. The molecule has 118 valence electrons. The molecule has 0 saturated carbocycles. The fourth-order valence-electron chi connectivity index (χ4n) is 2.36. The van der Waals surface area contributed by atoms with Crippen LogP contribution in [-0.2, 0) is 14.8 Å². The van der Waals surface area contributed by atoms with E-state index in [4.69, 9.17) is 5.73 Å². The molecule has 0 aromatic rings. The van der Waals surface area contributed by atoms with Gasteiger partial charge in [-0.15, -0.1) is 0 Å². The van der Waals surface area contributed by atoms with Gasteiger partial charge in [-0.1, -0.05) is 0 Å². The minimum atomic E-state index is -3.22. The molecule has 1 fully saturated rings. The van der Waals surface area contributed by atoms with Gasteiger partial charge in [-0.3, -0.25) is 4.79 Å². The normalized spacial score (nSPS) is 21.0. The minimum Gasteiger partial charge on any atom is -0.338 e. The molecule has 1 aliphatic rings. The molecule has 0 radical (unpaired) electrons. The average Bonchev–Trinajstić information content (AvgIpc) is 2.32. The molecule has 1 atom stereocenters. The summed E-state index contributed by atoms with van der Waals surface area (Å²) in [6, 6.07) is -0.0353. The topological polar surface area (TPSA) is 92.5 Å². The van der Waals surface area contributed by atoms with E-state index in [2.05, 4.69) is 4.72 Å². The van der Waals surface area contributed by atoms with E-state index in [-0.39, 0.29) is 17.5 Å². The first-order valence-electron chi connectivity index (χ1n) is 7.11. The fraction of sp³-hybridized carbons (Fsp3) is 0.923. The van der Waals surface area contributed by atoms with Gasteiger partial charge in [0.25, 0.3) is 0 Å². The minimum absolute atomic E-state index is 0.0353. The molecule has 20 heavy (non-hydrogen) atoms. The summed E-state index contributed by atoms with van der Waals surface area (Å²) >= 11 is 0. The number of nitrogens with one attached hydrogen (secondary N) is 1. The van der Waals surface area contributed by atoms with E-state index in [1.807, 2.05) is 18.7 Å². The molecule has 1 unspecified atom stereocenters. The second kappa shape index (κ2) is 6.87. The summed E-state index contributed by atoms with van der Waals surface area (Å²) in [7, 11) is -3.22. The Hall–Kier alpha value is -0.660. The maximum absolute atomic E-state index is 12.3. The van der Waals surface area contributed by atoms with E-state index in [1.54, 1.807) is 0 Å². The lowest BCUT2D eigenvalue weighted by molar-refractivity contribution is -0.135. The Morgan fingerprint density at radius 1 is 1.40 bits per heavy atom. The van der Waals surface area contributed by atoms with Gasteiger partial charge in [0.2, 0.25) is 15.9 Å². The molecule has 0 spiro atoms. The van der Waals surface area contributed by atoms with E-state index < -0.39 is 10.0 Å². The van der Waals surface area contributed by atoms with Crippen LogP contribution in [0.3, 0.4) is 0 Å². The molecule has 1 heterocycles. The maximum atomic E-state index is 12.3. The van der Waals surface area contributed by atoms with Crippen molar-refractivity contribution in [1.82, 2.24) is 9.62 Å². The number of hydrogen-bond donors (Lipinski definition) is 2. The smallest absolute Gasteiger partial charge is 0.222 e. The van der Waals surface area contributed by atoms with Crippen molar-refractivity contribution in [3.05, 3.63) is 0 Å². The summed E-state index contributed by atoms with van der Waals surface area (Å²) in [5.41, 5.74) is 5.55. The van der Waals surface area contributed by atoms with Crippen molar-refractivity contribution in [2.75, 3.05) is 19.3 Å². The van der Waals surface area contributed by atoms with Gasteiger partial charge in [-0.25, -0.2) is 13.1 Å². The van der Waals surface area contributed by atoms with Crippen LogP contribution in [0.1, 0.15) is 46.0 Å². The molecule has 0 aromatic heterocycles. The summed E-state index contributed by atoms with van der Waals surface area (Å²) in [5, 5.41) is 0. The number of piperidine rings is 1. The molecule has 6 nitrogen and oxygen atoms in total. The molecule has 1 aliphatic heterocycles. The number of sulfonamides is 1. The fourth-order valence-corrected chi connectivity index (χ4v) is 2.86. The first kappa shape index (κ1) is 17.4. The molecule has 1 saturated heterocycles. The quantitative estimate of drug-likeness (QED) is 0.744. The van der Waals surface area contributed by atoms with Crippen molar-refractivity contribution in [3.8, 4) is 0 Å². The molecular weight excluding hydrogens is 278 g/mol. The van der Waals surface area contributed by atoms with Gasteiger partial charge in [0, 0.05) is 31.1 Å². The zero-order valence-corrected chi connectivity index (χ0v) is 13.5. The molecule has 0 aliphatic carbocycles. The highest BCUT2D eigenvalue weighted by Gasteiger charge is 2.27. The van der Waals surface area contributed by atoms with Crippen LogP contribution >= 0.6 is 0 Å². The summed E-state index contributed by atoms with van der Waals surface area (Å²) in [4.78, 5) is 14.1. The first-order valence-corrected chi connectivity index (χ1v) is 9.01. The monoisotopic (exact) mass is 305 g/mol. The lowest BCUT2D eigenvalue weighted by Gasteiger charge is -2.36. The van der Waals surface area contributed by atoms with Crippen molar-refractivity contribution >= 4 is 15.9 Å². The average molecular weight is 305 g/mol. The number of nitrogens with zero attached hydrogens (tertiary/aromatic N) is 1. The number of likely N-dealkylation sites (tertiary alicyclic amines) is 1. The zero-order chi connectivity index (χ0) is 15.4. The van der Waals surface area contributed by atoms with Crippen LogP contribution in [0.2, 0.25) is 0 Å². The highest BCUT2D eigenvalue weighted by Crippen LogP contribution is 2.19. The summed E-state index contributed by atoms with van der Waals surface area (Å²) in [5.74, 6) is 0.0727. The Bertz CT molecular complexity index is 429. The standard InChI is InChI=1S/C13H27N3O3S/c1-13(2,14)8-7-12(17)16-9-5-4-6-11(16)10-15-20(3,18)19/h11,15H,4-10,14H2,1-3H3. The second-order valence-corrected chi connectivity index (χ2v) is 8.18. The van der Waals surface area contributed by atoms with Crippen LogP contribution in [0.15, 0.2) is 0 Å². The molecule has 3 N–H and O–H groups in total. The third-order valence-corrected chi connectivity index (χ3v) is 4.20. The Morgan fingerprint density at radius 2 is 2.05 bits per heavy atom. The Labute approximate surface area is 122 Å². The van der Waals surface area contributed by atoms with Crippen molar-refractivity contribution in [3.63, 3.8) is 0 Å². The third kappa shape index (κ3) is 6.67. The van der Waals surface area contributed by atoms with Crippen LogP contribution in [0.4, 0.5) is 0 Å². The lowest BCUT2D eigenvalue weighted by Crippen LogP contribution is -2.49. The Morgan fingerprint density at radius 3 is 2.60 bits per heavy atom. The number of nitrogens with two attached hydrogens (primary N) is 1. The number of carbonyl (C=O) groups excluding carboxylic acids is 1. The van der Waals surface area contributed by atoms with Crippen molar-refractivity contribution < 1.29 is 13.2 Å². The Kier molecular flexibility index (Phi) is 5.97. The SMILES string of the molecule is CC(C)(N)CCC(=O)N1CCCCC1CNS(C)(=O)=O. The second-order valence-electron chi connectivity index (χ2n) is 6.35. The van der Waals surface area contributed by atoms with Crippen molar-refractivity contribution in [2.45, 2.75) is 57.5 Å². The van der Waals surface area contributed by atoms with E-state index >= 15 is 0 Å². The highest BCUT2D eigenvalue weighted by molar-refractivity contribution is 7.88. The molecule has 1 amide bonds. The van der Waals surface area contributed by atoms with Gasteiger partial charge in [0.05, 0.1) is 6.26 Å². The van der Waals surface area contributed by atoms with Gasteiger partial charge >= 0.3 is 0 Å². The summed E-state index contributed by atoms with van der Waals surface area (Å²) in [6.45, 7) is 4.81. The van der Waals surface area contributed by atoms with E-state index in [0.29, 0.717) is 25.9 Å². The summed E-state index contributed by atoms with van der Waals surface area (Å²) < 4.78 is 24.9. The largest absolute Gasteiger partial charge is 0.338 e. The number of carbonyl (C=O) groups is 1. The van der Waals surface area contributed by atoms with E-state index in [0.717, 1.165) is 25.5 Å². The number of rotatable bonds is 6. The molecular formula is C13H27N3O3S. The van der Waals surface area contributed by atoms with Crippen LogP contribution in [0, 0.1) is 0 Å². The third-order valence-electron chi connectivity index (χ3n) is 3.51. The lowest BCUT2D eigenvalue weighted by atomic mass is 9.97. The highest BCUT2D eigenvalue weighted by atomic mass is 32.2. The van der Waals surface area contributed by atoms with Crippen LogP contribution in [-0.4, -0.2) is 50.2 Å². The van der Waals surface area contributed by atoms with Crippen molar-refractivity contribution in [1.29, 1.82) is 0 Å². The van der Waals surface area contributed by atoms with Gasteiger partial charge in [0.15, 0.2) is 0 Å². The number of hydrogen-bond acceptors (Lipinski definition) is 4. The molecule has 0 aromatic carbocycles. The molecule has 1 rings (SSSR count). The van der Waals surface area contributed by atoms with E-state index in [9.17, 15) is 13.2 Å². The van der Waals surface area contributed by atoms with Crippen LogP contribution in [0.25, 0.3) is 0 Å². The van der Waals surface area contributed by atoms with E-state index in [1.165, 1.54) is 0 Å². The van der Waals surface area contributed by atoms with Crippen LogP contribution < -0.4 is 10.5 Å². The zero-order valence-electron chi connectivity index (χ0n) is 12.7. The predicted molar refractivity (Wildman–Crippen MR) is 79.7 cm³/mol. The maximum Gasteiger partial charge on any atom is 0.222 e. The van der Waals surface area contributed by atoms with Gasteiger partial charge in [-0.2, -0.15) is 0 Å². The first-order chi connectivity index (χ1) is 9.08. The van der Waals surface area contributed by atoms with Gasteiger partial charge in [0.1, 0.15) is 0 Å². The van der Waals surface area contributed by atoms with Crippen LogP contribution in [0.5, 0.6) is 0 Å². The van der Waals surface area contributed by atoms with Gasteiger partial charge in [-0.05, 0) is 39.5 Å². The summed E-state index contributed by atoms with van der Waals surface area (Å²) in [6.07, 6.45) is 5.04.